The van der Waals surface area contributed by atoms with Gasteiger partial charge in [-0.05, 0) is 30.5 Å². The van der Waals surface area contributed by atoms with E-state index in [0.29, 0.717) is 24.0 Å². The maximum absolute atomic E-state index is 14.2. The maximum atomic E-state index is 14.2. The molecule has 1 aliphatic rings. The van der Waals surface area contributed by atoms with Gasteiger partial charge in [-0.1, -0.05) is 13.8 Å². The molecule has 0 bridgehead atoms. The quantitative estimate of drug-likeness (QED) is 0.495. The first kappa shape index (κ1) is 22.5. The number of nitrogens with one attached hydrogen (secondary N) is 1. The van der Waals surface area contributed by atoms with Crippen molar-refractivity contribution in [3.05, 3.63) is 48.2 Å². The van der Waals surface area contributed by atoms with Gasteiger partial charge in [0.25, 0.3) is 0 Å². The lowest BCUT2D eigenvalue weighted by atomic mass is 10.2. The summed E-state index contributed by atoms with van der Waals surface area (Å²) in [5.74, 6) is -0.118. The lowest BCUT2D eigenvalue weighted by Crippen LogP contribution is -2.43. The third-order valence-corrected chi connectivity index (χ3v) is 5.45. The molecular weight excluding hydrogens is 414 g/mol. The standard InChI is InChI=1S/C24H30F2N4O2/c1-17(2)16-30-21-14-23(31-11-3-8-29-9-6-27-7-10-29)24(12-18(21)15-28-30)32-22-5-4-19(25)13-20(22)26/h4-5,12-15,17,27H,3,6-11,16H2,1-2H3. The highest BCUT2D eigenvalue weighted by molar-refractivity contribution is 5.83. The molecule has 172 valence electrons. The van der Waals surface area contributed by atoms with Crippen LogP contribution in [0.25, 0.3) is 10.9 Å². The van der Waals surface area contributed by atoms with Crippen LogP contribution in [0.1, 0.15) is 20.3 Å². The van der Waals surface area contributed by atoms with Crippen LogP contribution in [0.4, 0.5) is 8.78 Å². The van der Waals surface area contributed by atoms with Crippen molar-refractivity contribution in [1.29, 1.82) is 0 Å². The van der Waals surface area contributed by atoms with Crippen LogP contribution in [0.15, 0.2) is 36.5 Å². The summed E-state index contributed by atoms with van der Waals surface area (Å²) in [6.07, 6.45) is 2.63. The predicted molar refractivity (Wildman–Crippen MR) is 120 cm³/mol. The topological polar surface area (TPSA) is 51.6 Å². The van der Waals surface area contributed by atoms with Crippen molar-refractivity contribution in [2.75, 3.05) is 39.3 Å². The number of benzene rings is 2. The van der Waals surface area contributed by atoms with E-state index in [1.54, 1.807) is 12.3 Å². The number of hydrogen-bond donors (Lipinski definition) is 1. The molecule has 32 heavy (non-hydrogen) atoms. The molecule has 4 rings (SSSR count). The van der Waals surface area contributed by atoms with Gasteiger partial charge in [-0.2, -0.15) is 5.10 Å². The number of hydrogen-bond acceptors (Lipinski definition) is 5. The molecular formula is C24H30F2N4O2. The summed E-state index contributed by atoms with van der Waals surface area (Å²) in [7, 11) is 0. The Morgan fingerprint density at radius 2 is 1.88 bits per heavy atom. The molecule has 0 radical (unpaired) electrons. The molecule has 1 aromatic heterocycles. The maximum Gasteiger partial charge on any atom is 0.170 e. The highest BCUT2D eigenvalue weighted by atomic mass is 19.1. The molecule has 0 amide bonds. The van der Waals surface area contributed by atoms with Gasteiger partial charge < -0.3 is 19.7 Å². The van der Waals surface area contributed by atoms with Crippen molar-refractivity contribution in [3.63, 3.8) is 0 Å². The number of ether oxygens (including phenoxy) is 2. The first-order valence-electron chi connectivity index (χ1n) is 11.2. The van der Waals surface area contributed by atoms with Crippen molar-refractivity contribution in [2.24, 2.45) is 5.92 Å². The molecule has 0 aliphatic carbocycles. The summed E-state index contributed by atoms with van der Waals surface area (Å²) in [4.78, 5) is 2.41. The Labute approximate surface area is 187 Å². The SMILES string of the molecule is CC(C)Cn1ncc2cc(Oc3ccc(F)cc3F)c(OCCCN3CCNCC3)cc21. The van der Waals surface area contributed by atoms with Crippen molar-refractivity contribution < 1.29 is 18.3 Å². The Morgan fingerprint density at radius 3 is 2.62 bits per heavy atom. The monoisotopic (exact) mass is 444 g/mol. The number of aromatic nitrogens is 2. The zero-order valence-corrected chi connectivity index (χ0v) is 18.6. The van der Waals surface area contributed by atoms with E-state index in [-0.39, 0.29) is 5.75 Å². The number of nitrogens with zero attached hydrogens (tertiary/aromatic N) is 3. The second-order valence-corrected chi connectivity index (χ2v) is 8.55. The van der Waals surface area contributed by atoms with E-state index < -0.39 is 11.6 Å². The minimum absolute atomic E-state index is 0.0500. The van der Waals surface area contributed by atoms with Crippen molar-refractivity contribution >= 4 is 10.9 Å². The lowest BCUT2D eigenvalue weighted by molar-refractivity contribution is 0.212. The summed E-state index contributed by atoms with van der Waals surface area (Å²) in [5, 5.41) is 8.70. The van der Waals surface area contributed by atoms with Gasteiger partial charge in [0.2, 0.25) is 0 Å². The molecule has 1 aliphatic heterocycles. The second kappa shape index (κ2) is 10.3. The smallest absolute Gasteiger partial charge is 0.170 e. The van der Waals surface area contributed by atoms with Gasteiger partial charge in [0.15, 0.2) is 23.1 Å². The number of fused-ring (bicyclic) bond motifs is 1. The molecule has 3 aromatic rings. The Morgan fingerprint density at radius 1 is 1.06 bits per heavy atom. The lowest BCUT2D eigenvalue weighted by Gasteiger charge is -2.27. The fraction of sp³-hybridized carbons (Fsp3) is 0.458. The van der Waals surface area contributed by atoms with E-state index in [2.05, 4.69) is 29.2 Å². The molecule has 0 saturated carbocycles. The van der Waals surface area contributed by atoms with Crippen LogP contribution in [0.5, 0.6) is 17.2 Å². The fourth-order valence-corrected chi connectivity index (χ4v) is 3.85. The van der Waals surface area contributed by atoms with E-state index in [9.17, 15) is 8.78 Å². The molecule has 1 saturated heterocycles. The van der Waals surface area contributed by atoms with Crippen LogP contribution in [0, 0.1) is 17.6 Å². The second-order valence-electron chi connectivity index (χ2n) is 8.55. The van der Waals surface area contributed by atoms with Crippen LogP contribution < -0.4 is 14.8 Å². The third kappa shape index (κ3) is 5.55. The van der Waals surface area contributed by atoms with E-state index in [1.807, 2.05) is 10.7 Å². The zero-order chi connectivity index (χ0) is 22.5. The fourth-order valence-electron chi connectivity index (χ4n) is 3.85. The summed E-state index contributed by atoms with van der Waals surface area (Å²) >= 11 is 0. The van der Waals surface area contributed by atoms with Gasteiger partial charge in [-0.3, -0.25) is 4.68 Å². The Hall–Kier alpha value is -2.71. The normalized spacial score (nSPS) is 14.9. The molecule has 6 nitrogen and oxygen atoms in total. The summed E-state index contributed by atoms with van der Waals surface area (Å²) < 4.78 is 41.4. The minimum atomic E-state index is -0.759. The average Bonchev–Trinajstić information content (AvgIpc) is 3.14. The molecule has 0 spiro atoms. The van der Waals surface area contributed by atoms with Crippen molar-refractivity contribution in [3.8, 4) is 17.2 Å². The van der Waals surface area contributed by atoms with Gasteiger partial charge in [0.1, 0.15) is 5.82 Å². The minimum Gasteiger partial charge on any atom is -0.490 e. The summed E-state index contributed by atoms with van der Waals surface area (Å²) in [5.41, 5.74) is 0.933. The molecule has 8 heteroatoms. The van der Waals surface area contributed by atoms with Crippen molar-refractivity contribution in [2.45, 2.75) is 26.8 Å². The molecule has 2 aromatic carbocycles. The molecule has 1 fully saturated rings. The molecule has 0 unspecified atom stereocenters. The van der Waals surface area contributed by atoms with Crippen LogP contribution in [0.2, 0.25) is 0 Å². The first-order chi connectivity index (χ1) is 15.5. The van der Waals surface area contributed by atoms with Gasteiger partial charge in [-0.25, -0.2) is 8.78 Å². The van der Waals surface area contributed by atoms with Gasteiger partial charge in [-0.15, -0.1) is 0 Å². The van der Waals surface area contributed by atoms with E-state index >= 15 is 0 Å². The van der Waals surface area contributed by atoms with E-state index in [1.165, 1.54) is 12.1 Å². The highest BCUT2D eigenvalue weighted by Gasteiger charge is 2.16. The predicted octanol–water partition coefficient (Wildman–Crippen LogP) is 4.44. The van der Waals surface area contributed by atoms with Crippen LogP contribution >= 0.6 is 0 Å². The van der Waals surface area contributed by atoms with Gasteiger partial charge in [0.05, 0.1) is 18.3 Å². The Bertz CT molecular complexity index is 1050. The Kier molecular flexibility index (Phi) is 7.22. The largest absolute Gasteiger partial charge is 0.490 e. The van der Waals surface area contributed by atoms with Gasteiger partial charge >= 0.3 is 0 Å². The number of piperazine rings is 1. The third-order valence-electron chi connectivity index (χ3n) is 5.45. The van der Waals surface area contributed by atoms with Crippen LogP contribution in [-0.4, -0.2) is 54.0 Å². The zero-order valence-electron chi connectivity index (χ0n) is 18.6. The average molecular weight is 445 g/mol. The molecule has 2 heterocycles. The molecule has 0 atom stereocenters. The van der Waals surface area contributed by atoms with Crippen LogP contribution in [-0.2, 0) is 6.54 Å². The number of halogens is 2. The summed E-state index contributed by atoms with van der Waals surface area (Å²) in [6.45, 7) is 10.6. The highest BCUT2D eigenvalue weighted by Crippen LogP contribution is 2.37. The van der Waals surface area contributed by atoms with Crippen LogP contribution in [0.3, 0.4) is 0 Å². The Balaban J connectivity index is 1.55. The van der Waals surface area contributed by atoms with E-state index in [4.69, 9.17) is 9.47 Å². The summed E-state index contributed by atoms with van der Waals surface area (Å²) in [6, 6.07) is 6.96. The number of rotatable bonds is 9. The molecule has 1 N–H and O–H groups in total. The van der Waals surface area contributed by atoms with Crippen molar-refractivity contribution in [1.82, 2.24) is 20.0 Å². The first-order valence-corrected chi connectivity index (χ1v) is 11.2. The van der Waals surface area contributed by atoms with Gasteiger partial charge in [0, 0.05) is 56.8 Å². The van der Waals surface area contributed by atoms with E-state index in [0.717, 1.165) is 62.7 Å².